The first-order chi connectivity index (χ1) is 6.06. The van der Waals surface area contributed by atoms with E-state index in [0.717, 1.165) is 0 Å². The summed E-state index contributed by atoms with van der Waals surface area (Å²) in [7, 11) is 1.30. The van der Waals surface area contributed by atoms with Gasteiger partial charge in [0.05, 0.1) is 17.1 Å². The van der Waals surface area contributed by atoms with E-state index in [4.69, 9.17) is 11.6 Å². The van der Waals surface area contributed by atoms with Gasteiger partial charge in [0.2, 0.25) is 0 Å². The average molecular weight is 329 g/mol. The van der Waals surface area contributed by atoms with Crippen LogP contribution < -0.4 is 0 Å². The largest absolute Gasteiger partial charge is 0.465 e. The summed E-state index contributed by atoms with van der Waals surface area (Å²) in [5.41, 5.74) is 0.332. The molecule has 0 amide bonds. The predicted molar refractivity (Wildman–Crippen MR) is 56.0 cm³/mol. The number of carbonyl (C=O) groups is 1. The van der Waals surface area contributed by atoms with E-state index in [0.29, 0.717) is 19.8 Å². The highest BCUT2D eigenvalue weighted by molar-refractivity contribution is 9.11. The van der Waals surface area contributed by atoms with Crippen LogP contribution in [-0.2, 0) is 4.74 Å². The number of hydrogen-bond donors (Lipinski definition) is 0. The Labute approximate surface area is 96.7 Å². The van der Waals surface area contributed by atoms with Crippen molar-refractivity contribution in [1.29, 1.82) is 0 Å². The van der Waals surface area contributed by atoms with E-state index in [9.17, 15) is 4.79 Å². The fourth-order valence-corrected chi connectivity index (χ4v) is 1.71. The molecule has 0 aliphatic carbocycles. The molecule has 0 saturated carbocycles. The lowest BCUT2D eigenvalue weighted by atomic mass is 10.3. The third kappa shape index (κ3) is 2.42. The number of methoxy groups -OCH3 is 1. The highest BCUT2D eigenvalue weighted by Crippen LogP contribution is 2.26. The first-order valence-electron chi connectivity index (χ1n) is 3.16. The number of nitrogens with zero attached hydrogens (tertiary/aromatic N) is 1. The van der Waals surface area contributed by atoms with E-state index in [1.165, 1.54) is 7.11 Å². The highest BCUT2D eigenvalue weighted by Gasteiger charge is 2.13. The molecule has 1 aromatic rings. The summed E-state index contributed by atoms with van der Waals surface area (Å²) in [5, 5.41) is 0.291. The van der Waals surface area contributed by atoms with Crippen LogP contribution in [0.1, 0.15) is 10.4 Å². The van der Waals surface area contributed by atoms with Crippen LogP contribution >= 0.6 is 43.5 Å². The monoisotopic (exact) mass is 327 g/mol. The Hall–Kier alpha value is -0.130. The number of hydrogen-bond acceptors (Lipinski definition) is 3. The van der Waals surface area contributed by atoms with Gasteiger partial charge >= 0.3 is 5.97 Å². The zero-order valence-corrected chi connectivity index (χ0v) is 10.4. The van der Waals surface area contributed by atoms with Gasteiger partial charge in [-0.1, -0.05) is 11.6 Å². The Morgan fingerprint density at radius 3 is 2.77 bits per heavy atom. The normalized spacial score (nSPS) is 9.85. The maximum Gasteiger partial charge on any atom is 0.340 e. The van der Waals surface area contributed by atoms with Crippen LogP contribution in [0.25, 0.3) is 0 Å². The molecule has 13 heavy (non-hydrogen) atoms. The highest BCUT2D eigenvalue weighted by atomic mass is 79.9. The molecule has 0 bridgehead atoms. The molecule has 0 aliphatic rings. The minimum Gasteiger partial charge on any atom is -0.465 e. The molecule has 0 aromatic carbocycles. The molecule has 0 saturated heterocycles. The molecule has 1 aromatic heterocycles. The summed E-state index contributed by atoms with van der Waals surface area (Å²) >= 11 is 12.0. The molecule has 0 radical (unpaired) electrons. The van der Waals surface area contributed by atoms with Crippen molar-refractivity contribution in [2.24, 2.45) is 0 Å². The maximum absolute atomic E-state index is 11.1. The van der Waals surface area contributed by atoms with E-state index < -0.39 is 5.97 Å². The average Bonchev–Trinajstić information content (AvgIpc) is 2.10. The summed E-state index contributed by atoms with van der Waals surface area (Å²) in [4.78, 5) is 15.0. The van der Waals surface area contributed by atoms with E-state index in [1.54, 1.807) is 6.07 Å². The van der Waals surface area contributed by atoms with Crippen molar-refractivity contribution in [3.05, 3.63) is 25.9 Å². The SMILES string of the molecule is COC(=O)c1cc(Br)c(Cl)nc1Br. The summed E-state index contributed by atoms with van der Waals surface area (Å²) in [6.07, 6.45) is 0. The van der Waals surface area contributed by atoms with E-state index in [-0.39, 0.29) is 0 Å². The molecule has 0 aliphatic heterocycles. The second kappa shape index (κ2) is 4.39. The molecule has 6 heteroatoms. The van der Waals surface area contributed by atoms with Crippen molar-refractivity contribution >= 4 is 49.4 Å². The van der Waals surface area contributed by atoms with Crippen LogP contribution in [-0.4, -0.2) is 18.1 Å². The Balaban J connectivity index is 3.23. The van der Waals surface area contributed by atoms with Crippen molar-refractivity contribution < 1.29 is 9.53 Å². The molecule has 1 rings (SSSR count). The Kier molecular flexibility index (Phi) is 3.70. The van der Waals surface area contributed by atoms with Crippen LogP contribution in [0.3, 0.4) is 0 Å². The molecular formula is C7H4Br2ClNO2. The van der Waals surface area contributed by atoms with Crippen LogP contribution in [0.2, 0.25) is 5.15 Å². The molecule has 0 unspecified atom stereocenters. The minimum absolute atomic E-state index is 0.291. The van der Waals surface area contributed by atoms with Crippen molar-refractivity contribution in [2.75, 3.05) is 7.11 Å². The first kappa shape index (κ1) is 10.9. The molecule has 0 fully saturated rings. The number of halogens is 3. The van der Waals surface area contributed by atoms with Gasteiger partial charge in [-0.3, -0.25) is 0 Å². The lowest BCUT2D eigenvalue weighted by molar-refractivity contribution is 0.0599. The number of pyridine rings is 1. The fourth-order valence-electron chi connectivity index (χ4n) is 0.699. The zero-order chi connectivity index (χ0) is 10.0. The van der Waals surface area contributed by atoms with Gasteiger partial charge in [0.25, 0.3) is 0 Å². The topological polar surface area (TPSA) is 39.2 Å². The van der Waals surface area contributed by atoms with Gasteiger partial charge in [-0.15, -0.1) is 0 Å². The number of aromatic nitrogens is 1. The maximum atomic E-state index is 11.1. The lowest BCUT2D eigenvalue weighted by Crippen LogP contribution is -2.03. The fraction of sp³-hybridized carbons (Fsp3) is 0.143. The Bertz CT molecular complexity index is 357. The van der Waals surface area contributed by atoms with Gasteiger partial charge in [0, 0.05) is 0 Å². The molecular weight excluding hydrogens is 325 g/mol. The molecule has 70 valence electrons. The first-order valence-corrected chi connectivity index (χ1v) is 5.12. The van der Waals surface area contributed by atoms with Gasteiger partial charge < -0.3 is 4.74 Å². The van der Waals surface area contributed by atoms with E-state index in [2.05, 4.69) is 41.6 Å². The van der Waals surface area contributed by atoms with Gasteiger partial charge in [0.15, 0.2) is 0 Å². The van der Waals surface area contributed by atoms with E-state index in [1.807, 2.05) is 0 Å². The third-order valence-corrected chi connectivity index (χ3v) is 3.02. The summed E-state index contributed by atoms with van der Waals surface area (Å²) in [5.74, 6) is -0.461. The third-order valence-electron chi connectivity index (χ3n) is 1.29. The summed E-state index contributed by atoms with van der Waals surface area (Å²) in [6, 6.07) is 1.55. The summed E-state index contributed by atoms with van der Waals surface area (Å²) < 4.78 is 5.46. The van der Waals surface area contributed by atoms with Crippen LogP contribution in [0, 0.1) is 0 Å². The van der Waals surface area contributed by atoms with Crippen molar-refractivity contribution in [3.8, 4) is 0 Å². The molecule has 0 N–H and O–H groups in total. The van der Waals surface area contributed by atoms with Crippen molar-refractivity contribution in [2.45, 2.75) is 0 Å². The minimum atomic E-state index is -0.461. The molecule has 0 atom stereocenters. The second-order valence-corrected chi connectivity index (χ2v) is 4.05. The zero-order valence-electron chi connectivity index (χ0n) is 6.47. The van der Waals surface area contributed by atoms with Gasteiger partial charge in [0.1, 0.15) is 9.76 Å². The Morgan fingerprint density at radius 1 is 1.62 bits per heavy atom. The number of rotatable bonds is 1. The number of ether oxygens (including phenoxy) is 1. The summed E-state index contributed by atoms with van der Waals surface area (Å²) in [6.45, 7) is 0. The van der Waals surface area contributed by atoms with Crippen molar-refractivity contribution in [1.82, 2.24) is 4.98 Å². The van der Waals surface area contributed by atoms with Crippen LogP contribution in [0.15, 0.2) is 15.1 Å². The van der Waals surface area contributed by atoms with Crippen LogP contribution in [0.5, 0.6) is 0 Å². The quantitative estimate of drug-likeness (QED) is 0.587. The molecule has 0 spiro atoms. The lowest BCUT2D eigenvalue weighted by Gasteiger charge is -2.03. The van der Waals surface area contributed by atoms with Gasteiger partial charge in [-0.2, -0.15) is 0 Å². The predicted octanol–water partition coefficient (Wildman–Crippen LogP) is 3.05. The Morgan fingerprint density at radius 2 is 2.23 bits per heavy atom. The van der Waals surface area contributed by atoms with Crippen molar-refractivity contribution in [3.63, 3.8) is 0 Å². The number of carbonyl (C=O) groups excluding carboxylic acids is 1. The standard InChI is InChI=1S/C7H4Br2ClNO2/c1-13-7(12)3-2-4(8)6(10)11-5(3)9/h2H,1H3. The van der Waals surface area contributed by atoms with Gasteiger partial charge in [-0.25, -0.2) is 9.78 Å². The van der Waals surface area contributed by atoms with E-state index >= 15 is 0 Å². The molecule has 3 nitrogen and oxygen atoms in total. The second-order valence-electron chi connectivity index (χ2n) is 2.09. The number of esters is 1. The smallest absolute Gasteiger partial charge is 0.340 e. The molecule has 1 heterocycles. The van der Waals surface area contributed by atoms with Gasteiger partial charge in [-0.05, 0) is 37.9 Å². The van der Waals surface area contributed by atoms with Crippen LogP contribution in [0.4, 0.5) is 0 Å².